The lowest BCUT2D eigenvalue weighted by atomic mass is 10.2. The number of rotatable bonds is 5. The van der Waals surface area contributed by atoms with E-state index in [1.54, 1.807) is 0 Å². The van der Waals surface area contributed by atoms with E-state index in [2.05, 4.69) is 22.2 Å². The van der Waals surface area contributed by atoms with Crippen molar-refractivity contribution in [3.05, 3.63) is 47.4 Å². The maximum atomic E-state index is 5.73. The first-order valence-corrected chi connectivity index (χ1v) is 7.17. The molecule has 1 aromatic heterocycles. The summed E-state index contributed by atoms with van der Waals surface area (Å²) in [5.74, 6) is 2.59. The van der Waals surface area contributed by atoms with Crippen LogP contribution in [-0.4, -0.2) is 16.5 Å². The monoisotopic (exact) mass is 269 g/mol. The number of hydrogen-bond acceptors (Lipinski definition) is 4. The number of nitrogens with one attached hydrogen (secondary N) is 1. The summed E-state index contributed by atoms with van der Waals surface area (Å²) in [6.07, 6.45) is 3.30. The molecule has 3 rings (SSSR count). The van der Waals surface area contributed by atoms with E-state index >= 15 is 0 Å². The predicted octanol–water partition coefficient (Wildman–Crippen LogP) is 2.98. The van der Waals surface area contributed by atoms with Crippen LogP contribution < -0.4 is 10.1 Å². The summed E-state index contributed by atoms with van der Waals surface area (Å²) in [5.41, 5.74) is 2.47. The summed E-state index contributed by atoms with van der Waals surface area (Å²) in [6, 6.07) is 9.78. The molecule has 0 atom stereocenters. The van der Waals surface area contributed by atoms with Gasteiger partial charge in [-0.1, -0.05) is 18.2 Å². The van der Waals surface area contributed by atoms with E-state index in [4.69, 9.17) is 4.74 Å². The molecule has 0 bridgehead atoms. The molecule has 0 amide bonds. The Morgan fingerprint density at radius 3 is 2.80 bits per heavy atom. The SMILES string of the molecule is CCNc1nc(COc2ccccc2)nc2c1CCC2. The molecule has 1 aliphatic carbocycles. The minimum absolute atomic E-state index is 0.412. The van der Waals surface area contributed by atoms with Gasteiger partial charge in [-0.2, -0.15) is 0 Å². The van der Waals surface area contributed by atoms with Crippen LogP contribution in [0.5, 0.6) is 5.75 Å². The summed E-state index contributed by atoms with van der Waals surface area (Å²) < 4.78 is 5.73. The third kappa shape index (κ3) is 2.74. The topological polar surface area (TPSA) is 47.0 Å². The van der Waals surface area contributed by atoms with Crippen LogP contribution in [0.1, 0.15) is 30.4 Å². The quantitative estimate of drug-likeness (QED) is 0.906. The van der Waals surface area contributed by atoms with E-state index < -0.39 is 0 Å². The number of fused-ring (bicyclic) bond motifs is 1. The Morgan fingerprint density at radius 2 is 2.00 bits per heavy atom. The molecule has 0 saturated carbocycles. The van der Waals surface area contributed by atoms with Crippen LogP contribution >= 0.6 is 0 Å². The van der Waals surface area contributed by atoms with E-state index in [-0.39, 0.29) is 0 Å². The number of nitrogens with zero attached hydrogens (tertiary/aromatic N) is 2. The molecule has 2 aromatic rings. The van der Waals surface area contributed by atoms with Crippen molar-refractivity contribution in [1.82, 2.24) is 9.97 Å². The smallest absolute Gasteiger partial charge is 0.168 e. The average molecular weight is 269 g/mol. The highest BCUT2D eigenvalue weighted by Crippen LogP contribution is 2.26. The molecule has 1 aromatic carbocycles. The summed E-state index contributed by atoms with van der Waals surface area (Å²) in [4.78, 5) is 9.24. The van der Waals surface area contributed by atoms with E-state index in [9.17, 15) is 0 Å². The molecule has 0 unspecified atom stereocenters. The molecule has 1 aliphatic rings. The number of hydrogen-bond donors (Lipinski definition) is 1. The van der Waals surface area contributed by atoms with Gasteiger partial charge < -0.3 is 10.1 Å². The van der Waals surface area contributed by atoms with Crippen LogP contribution in [0, 0.1) is 0 Å². The molecule has 1 heterocycles. The van der Waals surface area contributed by atoms with Crippen LogP contribution in [-0.2, 0) is 19.4 Å². The molecule has 0 saturated heterocycles. The minimum atomic E-state index is 0.412. The summed E-state index contributed by atoms with van der Waals surface area (Å²) in [5, 5.41) is 3.34. The van der Waals surface area contributed by atoms with Gasteiger partial charge in [-0.3, -0.25) is 0 Å². The second kappa shape index (κ2) is 5.90. The second-order valence-corrected chi connectivity index (χ2v) is 4.90. The number of anilines is 1. The van der Waals surface area contributed by atoms with Crippen molar-refractivity contribution >= 4 is 5.82 Å². The Hall–Kier alpha value is -2.10. The fourth-order valence-corrected chi connectivity index (χ4v) is 2.53. The van der Waals surface area contributed by atoms with Crippen molar-refractivity contribution in [3.63, 3.8) is 0 Å². The van der Waals surface area contributed by atoms with Crippen LogP contribution in [0.2, 0.25) is 0 Å². The molecule has 4 nitrogen and oxygen atoms in total. The first-order chi connectivity index (χ1) is 9.86. The third-order valence-electron chi connectivity index (χ3n) is 3.43. The van der Waals surface area contributed by atoms with Crippen LogP contribution in [0.4, 0.5) is 5.82 Å². The summed E-state index contributed by atoms with van der Waals surface area (Å²) in [6.45, 7) is 3.38. The molecular formula is C16H19N3O. The molecule has 104 valence electrons. The van der Waals surface area contributed by atoms with Crippen molar-refractivity contribution in [2.75, 3.05) is 11.9 Å². The van der Waals surface area contributed by atoms with Crippen molar-refractivity contribution in [2.45, 2.75) is 32.8 Å². The molecule has 0 radical (unpaired) electrons. The normalized spacial score (nSPS) is 13.1. The first kappa shape index (κ1) is 12.9. The molecule has 0 fully saturated rings. The third-order valence-corrected chi connectivity index (χ3v) is 3.43. The fraction of sp³-hybridized carbons (Fsp3) is 0.375. The zero-order valence-corrected chi connectivity index (χ0v) is 11.7. The first-order valence-electron chi connectivity index (χ1n) is 7.17. The van der Waals surface area contributed by atoms with Gasteiger partial charge in [0, 0.05) is 17.8 Å². The fourth-order valence-electron chi connectivity index (χ4n) is 2.53. The standard InChI is InChI=1S/C16H19N3O/c1-2-17-16-13-9-6-10-14(13)18-15(19-16)11-20-12-7-4-3-5-8-12/h3-5,7-8H,2,6,9-11H2,1H3,(H,17,18,19). The van der Waals surface area contributed by atoms with Crippen LogP contribution in [0.25, 0.3) is 0 Å². The van der Waals surface area contributed by atoms with Gasteiger partial charge in [-0.15, -0.1) is 0 Å². The van der Waals surface area contributed by atoms with Gasteiger partial charge in [0.25, 0.3) is 0 Å². The van der Waals surface area contributed by atoms with Crippen molar-refractivity contribution in [3.8, 4) is 5.75 Å². The predicted molar refractivity (Wildman–Crippen MR) is 79.0 cm³/mol. The Morgan fingerprint density at radius 1 is 1.15 bits per heavy atom. The zero-order chi connectivity index (χ0) is 13.8. The minimum Gasteiger partial charge on any atom is -0.486 e. The zero-order valence-electron chi connectivity index (χ0n) is 11.7. The number of para-hydroxylation sites is 1. The van der Waals surface area contributed by atoms with E-state index in [0.29, 0.717) is 6.61 Å². The molecule has 20 heavy (non-hydrogen) atoms. The maximum absolute atomic E-state index is 5.73. The molecule has 4 heteroatoms. The highest BCUT2D eigenvalue weighted by molar-refractivity contribution is 5.48. The van der Waals surface area contributed by atoms with Gasteiger partial charge in [0.05, 0.1) is 0 Å². The molecule has 1 N–H and O–H groups in total. The van der Waals surface area contributed by atoms with E-state index in [1.165, 1.54) is 17.7 Å². The summed E-state index contributed by atoms with van der Waals surface area (Å²) >= 11 is 0. The van der Waals surface area contributed by atoms with E-state index in [1.807, 2.05) is 30.3 Å². The van der Waals surface area contributed by atoms with Gasteiger partial charge in [0.15, 0.2) is 5.82 Å². The number of ether oxygens (including phenoxy) is 1. The van der Waals surface area contributed by atoms with Gasteiger partial charge in [-0.05, 0) is 38.3 Å². The van der Waals surface area contributed by atoms with Crippen molar-refractivity contribution < 1.29 is 4.74 Å². The lowest BCUT2D eigenvalue weighted by molar-refractivity contribution is 0.295. The van der Waals surface area contributed by atoms with Crippen LogP contribution in [0.3, 0.4) is 0 Å². The number of aromatic nitrogens is 2. The molecule has 0 aliphatic heterocycles. The largest absolute Gasteiger partial charge is 0.486 e. The lowest BCUT2D eigenvalue weighted by Gasteiger charge is -2.11. The van der Waals surface area contributed by atoms with Gasteiger partial charge >= 0.3 is 0 Å². The Balaban J connectivity index is 1.78. The Kier molecular flexibility index (Phi) is 3.81. The number of aryl methyl sites for hydroxylation is 1. The Labute approximate surface area is 119 Å². The lowest BCUT2D eigenvalue weighted by Crippen LogP contribution is -2.10. The van der Waals surface area contributed by atoms with Gasteiger partial charge in [0.2, 0.25) is 0 Å². The Bertz CT molecular complexity index is 584. The molecular weight excluding hydrogens is 250 g/mol. The van der Waals surface area contributed by atoms with Crippen LogP contribution in [0.15, 0.2) is 30.3 Å². The number of benzene rings is 1. The van der Waals surface area contributed by atoms with Gasteiger partial charge in [-0.25, -0.2) is 9.97 Å². The van der Waals surface area contributed by atoms with Gasteiger partial charge in [0.1, 0.15) is 18.2 Å². The highest BCUT2D eigenvalue weighted by atomic mass is 16.5. The second-order valence-electron chi connectivity index (χ2n) is 4.90. The maximum Gasteiger partial charge on any atom is 0.168 e. The summed E-state index contributed by atoms with van der Waals surface area (Å²) in [7, 11) is 0. The molecule has 0 spiro atoms. The average Bonchev–Trinajstić information content (AvgIpc) is 2.95. The van der Waals surface area contributed by atoms with Crippen molar-refractivity contribution in [2.24, 2.45) is 0 Å². The van der Waals surface area contributed by atoms with E-state index in [0.717, 1.165) is 36.8 Å². The van der Waals surface area contributed by atoms with Crippen molar-refractivity contribution in [1.29, 1.82) is 0 Å². The highest BCUT2D eigenvalue weighted by Gasteiger charge is 2.19.